The molecule has 5 heteroatoms. The quantitative estimate of drug-likeness (QED) is 0.631. The maximum Gasteiger partial charge on any atom is 0.225 e. The Morgan fingerprint density at radius 2 is 1.88 bits per heavy atom. The number of rotatable bonds is 2. The molecule has 4 rings (SSSR count). The topological polar surface area (TPSA) is 38.2 Å². The molecule has 0 fully saturated rings. The zero-order chi connectivity index (χ0) is 17.6. The summed E-state index contributed by atoms with van der Waals surface area (Å²) in [5, 5.41) is 1.19. The third kappa shape index (κ3) is 2.52. The minimum absolute atomic E-state index is 0.192. The molecule has 1 aliphatic rings. The summed E-state index contributed by atoms with van der Waals surface area (Å²) in [6, 6.07) is 14.5. The Hall–Kier alpha value is -2.33. The highest BCUT2D eigenvalue weighted by Gasteiger charge is 2.36. The van der Waals surface area contributed by atoms with Crippen molar-refractivity contribution in [2.75, 3.05) is 18.6 Å². The van der Waals surface area contributed by atoms with Gasteiger partial charge in [-0.2, -0.15) is 4.98 Å². The summed E-state index contributed by atoms with van der Waals surface area (Å²) in [6.07, 6.45) is 0.979. The third-order valence-electron chi connectivity index (χ3n) is 5.07. The lowest BCUT2D eigenvalue weighted by Crippen LogP contribution is -2.47. The lowest BCUT2D eigenvalue weighted by molar-refractivity contribution is 0.418. The number of aromatic nitrogens is 2. The molecular weight excluding hydrogens is 334 g/mol. The molecule has 0 saturated heterocycles. The van der Waals surface area contributed by atoms with Crippen molar-refractivity contribution >= 4 is 28.3 Å². The average molecular weight is 354 g/mol. The van der Waals surface area contributed by atoms with Crippen molar-refractivity contribution in [3.63, 3.8) is 0 Å². The van der Waals surface area contributed by atoms with Gasteiger partial charge in [0.05, 0.1) is 12.6 Å². The first-order valence-electron chi connectivity index (χ1n) is 8.38. The molecule has 0 aliphatic carbocycles. The Kier molecular flexibility index (Phi) is 3.80. The summed E-state index contributed by atoms with van der Waals surface area (Å²) in [5.41, 5.74) is 3.27. The zero-order valence-corrected chi connectivity index (χ0v) is 15.3. The monoisotopic (exact) mass is 353 g/mol. The van der Waals surface area contributed by atoms with Crippen molar-refractivity contribution in [3.8, 4) is 5.75 Å². The smallest absolute Gasteiger partial charge is 0.225 e. The molecule has 4 nitrogen and oxygen atoms in total. The molecule has 2 heterocycles. The first kappa shape index (κ1) is 16.2. The number of hydrogen-bond acceptors (Lipinski definition) is 4. The van der Waals surface area contributed by atoms with Crippen molar-refractivity contribution in [1.29, 1.82) is 0 Å². The molecule has 0 spiro atoms. The molecule has 128 valence electrons. The van der Waals surface area contributed by atoms with Crippen molar-refractivity contribution in [2.24, 2.45) is 0 Å². The van der Waals surface area contributed by atoms with E-state index in [2.05, 4.69) is 53.0 Å². The summed E-state index contributed by atoms with van der Waals surface area (Å²) < 4.78 is 5.47. The maximum atomic E-state index is 6.26. The summed E-state index contributed by atoms with van der Waals surface area (Å²) in [4.78, 5) is 11.3. The van der Waals surface area contributed by atoms with Gasteiger partial charge in [0.2, 0.25) is 5.28 Å². The number of anilines is 1. The largest absolute Gasteiger partial charge is 0.494 e. The van der Waals surface area contributed by atoms with Crippen LogP contribution >= 0.6 is 11.6 Å². The molecule has 2 aromatic carbocycles. The Bertz CT molecular complexity index is 955. The number of benzene rings is 2. The second-order valence-electron chi connectivity index (χ2n) is 6.79. The van der Waals surface area contributed by atoms with Crippen LogP contribution in [0.2, 0.25) is 5.28 Å². The molecule has 0 amide bonds. The molecule has 0 saturated carbocycles. The maximum absolute atomic E-state index is 6.26. The number of para-hydroxylation sites is 1. The number of halogens is 1. The number of fused-ring (bicyclic) bond motifs is 2. The van der Waals surface area contributed by atoms with E-state index < -0.39 is 0 Å². The van der Waals surface area contributed by atoms with E-state index in [9.17, 15) is 0 Å². The normalized spacial score (nSPS) is 15.9. The highest BCUT2D eigenvalue weighted by molar-refractivity contribution is 6.29. The van der Waals surface area contributed by atoms with Gasteiger partial charge in [-0.15, -0.1) is 0 Å². The second-order valence-corrected chi connectivity index (χ2v) is 7.13. The Morgan fingerprint density at radius 3 is 2.68 bits per heavy atom. The highest BCUT2D eigenvalue weighted by Crippen LogP contribution is 2.41. The van der Waals surface area contributed by atoms with Crippen molar-refractivity contribution in [2.45, 2.75) is 25.8 Å². The lowest BCUT2D eigenvalue weighted by atomic mass is 9.83. The molecule has 0 unspecified atom stereocenters. The molecule has 1 aromatic heterocycles. The zero-order valence-electron chi connectivity index (χ0n) is 14.6. The van der Waals surface area contributed by atoms with E-state index in [1.165, 1.54) is 11.1 Å². The lowest BCUT2D eigenvalue weighted by Gasteiger charge is -2.45. The van der Waals surface area contributed by atoms with E-state index in [0.717, 1.165) is 29.7 Å². The van der Waals surface area contributed by atoms with Crippen LogP contribution in [0.15, 0.2) is 42.5 Å². The molecule has 0 N–H and O–H groups in total. The van der Waals surface area contributed by atoms with Crippen LogP contribution in [0.1, 0.15) is 25.0 Å². The number of ether oxygens (including phenoxy) is 1. The molecule has 25 heavy (non-hydrogen) atoms. The summed E-state index contributed by atoms with van der Waals surface area (Å²) >= 11 is 6.26. The summed E-state index contributed by atoms with van der Waals surface area (Å²) in [5.74, 6) is 1.56. The molecule has 0 bridgehead atoms. The van der Waals surface area contributed by atoms with Gasteiger partial charge in [-0.3, -0.25) is 0 Å². The van der Waals surface area contributed by atoms with Gasteiger partial charge in [-0.1, -0.05) is 30.3 Å². The molecule has 3 aromatic rings. The molecule has 0 radical (unpaired) electrons. The van der Waals surface area contributed by atoms with Gasteiger partial charge in [-0.25, -0.2) is 4.98 Å². The third-order valence-corrected chi connectivity index (χ3v) is 5.24. The molecule has 1 aliphatic heterocycles. The molecular formula is C20H20ClN3O. The van der Waals surface area contributed by atoms with E-state index >= 15 is 0 Å². The van der Waals surface area contributed by atoms with Crippen LogP contribution in [0.5, 0.6) is 5.75 Å². The van der Waals surface area contributed by atoms with Crippen molar-refractivity contribution in [3.05, 3.63) is 58.9 Å². The number of nitrogens with zero attached hydrogens (tertiary/aromatic N) is 3. The second kappa shape index (κ2) is 5.88. The van der Waals surface area contributed by atoms with Gasteiger partial charge in [0, 0.05) is 11.9 Å². The van der Waals surface area contributed by atoms with E-state index in [-0.39, 0.29) is 10.8 Å². The van der Waals surface area contributed by atoms with E-state index in [1.54, 1.807) is 7.11 Å². The highest BCUT2D eigenvalue weighted by atomic mass is 35.5. The van der Waals surface area contributed by atoms with Gasteiger partial charge < -0.3 is 9.64 Å². The SMILES string of the molecule is COc1cccc2c(N3CCc4ccccc4C3(C)C)nc(Cl)nc12. The number of hydrogen-bond donors (Lipinski definition) is 0. The first-order chi connectivity index (χ1) is 12.0. The minimum atomic E-state index is -0.192. The van der Waals surface area contributed by atoms with Crippen LogP contribution in [0, 0.1) is 0 Å². The first-order valence-corrected chi connectivity index (χ1v) is 8.76. The van der Waals surface area contributed by atoms with Crippen LogP contribution in [0.25, 0.3) is 10.9 Å². The Balaban J connectivity index is 1.94. The van der Waals surface area contributed by atoms with Gasteiger partial charge in [-0.05, 0) is 55.1 Å². The summed E-state index contributed by atoms with van der Waals surface area (Å²) in [6.45, 7) is 5.34. The Labute approximate surface area is 152 Å². The standard InChI is InChI=1S/C20H20ClN3O/c1-20(2)15-9-5-4-7-13(15)11-12-24(20)18-14-8-6-10-16(25-3)17(14)22-19(21)23-18/h4-10H,11-12H2,1-3H3. The fourth-order valence-corrected chi connectivity index (χ4v) is 3.98. The fourth-order valence-electron chi connectivity index (χ4n) is 3.82. The summed E-state index contributed by atoms with van der Waals surface area (Å²) in [7, 11) is 1.64. The van der Waals surface area contributed by atoms with E-state index in [1.807, 2.05) is 18.2 Å². The van der Waals surface area contributed by atoms with Gasteiger partial charge in [0.1, 0.15) is 17.1 Å². The fraction of sp³-hybridized carbons (Fsp3) is 0.300. The predicted octanol–water partition coefficient (Wildman–Crippen LogP) is 4.59. The predicted molar refractivity (Wildman–Crippen MR) is 102 cm³/mol. The van der Waals surface area contributed by atoms with Crippen LogP contribution < -0.4 is 9.64 Å². The van der Waals surface area contributed by atoms with E-state index in [0.29, 0.717) is 5.75 Å². The van der Waals surface area contributed by atoms with Crippen LogP contribution in [0.4, 0.5) is 5.82 Å². The van der Waals surface area contributed by atoms with Gasteiger partial charge in [0.15, 0.2) is 0 Å². The average Bonchev–Trinajstić information content (AvgIpc) is 2.61. The minimum Gasteiger partial charge on any atom is -0.494 e. The van der Waals surface area contributed by atoms with Crippen molar-refractivity contribution < 1.29 is 4.74 Å². The van der Waals surface area contributed by atoms with E-state index in [4.69, 9.17) is 16.3 Å². The van der Waals surface area contributed by atoms with Crippen LogP contribution in [-0.4, -0.2) is 23.6 Å². The Morgan fingerprint density at radius 1 is 1.08 bits per heavy atom. The number of methoxy groups -OCH3 is 1. The van der Waals surface area contributed by atoms with Crippen LogP contribution in [0.3, 0.4) is 0 Å². The van der Waals surface area contributed by atoms with Crippen molar-refractivity contribution in [1.82, 2.24) is 9.97 Å². The van der Waals surface area contributed by atoms with Crippen LogP contribution in [-0.2, 0) is 12.0 Å². The van der Waals surface area contributed by atoms with Gasteiger partial charge >= 0.3 is 0 Å². The molecule has 0 atom stereocenters. The van der Waals surface area contributed by atoms with Gasteiger partial charge in [0.25, 0.3) is 0 Å².